The number of carboxylic acid groups (broad SMARTS) is 1. The second-order valence-corrected chi connectivity index (χ2v) is 8.08. The first-order chi connectivity index (χ1) is 16.6. The summed E-state index contributed by atoms with van der Waals surface area (Å²) >= 11 is 0. The first-order valence-electron chi connectivity index (χ1n) is 11.1. The van der Waals surface area contributed by atoms with Gasteiger partial charge in [0.1, 0.15) is 12.1 Å². The average Bonchev–Trinajstić information content (AvgIpc) is 2.81. The van der Waals surface area contributed by atoms with Crippen molar-refractivity contribution in [3.8, 4) is 0 Å². The van der Waals surface area contributed by atoms with Crippen LogP contribution in [0.4, 0.5) is 10.5 Å². The van der Waals surface area contributed by atoms with Gasteiger partial charge in [-0.05, 0) is 43.0 Å². The number of amides is 3. The smallest absolute Gasteiger partial charge is 0.360 e. The summed E-state index contributed by atoms with van der Waals surface area (Å²) < 4.78 is 0. The number of guanidine groups is 1. The molecule has 0 bridgehead atoms. The molecular formula is C24H31N7O4. The molecule has 0 spiro atoms. The molecule has 0 aliphatic carbocycles. The molecule has 0 fully saturated rings. The molecule has 7 N–H and O–H groups in total. The number of hydrogen-bond acceptors (Lipinski definition) is 5. The highest BCUT2D eigenvalue weighted by molar-refractivity contribution is 5.91. The van der Waals surface area contributed by atoms with Gasteiger partial charge in [-0.3, -0.25) is 10.2 Å². The van der Waals surface area contributed by atoms with Gasteiger partial charge in [-0.1, -0.05) is 54.5 Å². The van der Waals surface area contributed by atoms with Crippen molar-refractivity contribution in [1.82, 2.24) is 16.0 Å². The van der Waals surface area contributed by atoms with Gasteiger partial charge >= 0.3 is 12.0 Å². The zero-order valence-corrected chi connectivity index (χ0v) is 19.9. The summed E-state index contributed by atoms with van der Waals surface area (Å²) in [7, 11) is 0. The van der Waals surface area contributed by atoms with Crippen LogP contribution in [0.1, 0.15) is 30.0 Å². The van der Waals surface area contributed by atoms with E-state index in [-0.39, 0.29) is 12.8 Å². The van der Waals surface area contributed by atoms with Crippen LogP contribution in [0, 0.1) is 19.3 Å². The van der Waals surface area contributed by atoms with E-state index in [1.165, 1.54) is 0 Å². The molecule has 2 aromatic rings. The Bertz CT molecular complexity index is 1090. The van der Waals surface area contributed by atoms with Gasteiger partial charge in [-0.2, -0.15) is 0 Å². The molecule has 0 aliphatic rings. The van der Waals surface area contributed by atoms with Crippen LogP contribution in [0.5, 0.6) is 0 Å². The standard InChI is InChI=1S/C24H31N7O4/c1-4-17(27-23(25)26)20(22(33)34)29-21(32)19(13-16-8-6-5-7-9-16)28-24(35)31-30-18-12-14(2)10-11-15(18)3/h5-12,17,19-20H,4,13H2,1-3H3,(H,28,35)(H,29,32)(H,33,34)(H4,25,26,27)/b31-30+. The Morgan fingerprint density at radius 3 is 2.34 bits per heavy atom. The highest BCUT2D eigenvalue weighted by atomic mass is 16.4. The van der Waals surface area contributed by atoms with E-state index in [9.17, 15) is 19.5 Å². The number of carbonyl (C=O) groups excluding carboxylic acids is 2. The van der Waals surface area contributed by atoms with E-state index in [2.05, 4.69) is 26.2 Å². The van der Waals surface area contributed by atoms with E-state index in [1.54, 1.807) is 37.3 Å². The first-order valence-corrected chi connectivity index (χ1v) is 11.1. The molecule has 0 aromatic heterocycles. The summed E-state index contributed by atoms with van der Waals surface area (Å²) in [5.41, 5.74) is 8.41. The van der Waals surface area contributed by atoms with Gasteiger partial charge in [0.15, 0.2) is 5.96 Å². The molecule has 3 unspecified atom stereocenters. The van der Waals surface area contributed by atoms with Crippen molar-refractivity contribution < 1.29 is 19.5 Å². The summed E-state index contributed by atoms with van der Waals surface area (Å²) in [5, 5.41) is 32.2. The molecule has 186 valence electrons. The van der Waals surface area contributed by atoms with Gasteiger partial charge in [0.05, 0.1) is 11.7 Å². The fourth-order valence-corrected chi connectivity index (χ4v) is 3.37. The third-order valence-corrected chi connectivity index (χ3v) is 5.26. The normalized spacial score (nSPS) is 13.5. The second-order valence-electron chi connectivity index (χ2n) is 8.08. The molecule has 3 atom stereocenters. The largest absolute Gasteiger partial charge is 0.480 e. The minimum absolute atomic E-state index is 0.0979. The maximum Gasteiger partial charge on any atom is 0.360 e. The van der Waals surface area contributed by atoms with Crippen molar-refractivity contribution in [3.05, 3.63) is 65.2 Å². The summed E-state index contributed by atoms with van der Waals surface area (Å²) in [6.45, 7) is 5.42. The second kappa shape index (κ2) is 12.8. The van der Waals surface area contributed by atoms with Gasteiger partial charge in [0.25, 0.3) is 0 Å². The quantitative estimate of drug-likeness (QED) is 0.172. The molecule has 11 heteroatoms. The highest BCUT2D eigenvalue weighted by Gasteiger charge is 2.32. The van der Waals surface area contributed by atoms with Crippen LogP contribution in [0.3, 0.4) is 0 Å². The Morgan fingerprint density at radius 1 is 1.06 bits per heavy atom. The lowest BCUT2D eigenvalue weighted by molar-refractivity contribution is -0.142. The predicted octanol–water partition coefficient (Wildman–Crippen LogP) is 2.54. The van der Waals surface area contributed by atoms with Gasteiger partial charge in [0, 0.05) is 6.42 Å². The minimum Gasteiger partial charge on any atom is -0.480 e. The molecular weight excluding hydrogens is 450 g/mol. The van der Waals surface area contributed by atoms with E-state index >= 15 is 0 Å². The first kappa shape index (κ1) is 27.0. The number of carboxylic acids is 1. The average molecular weight is 482 g/mol. The number of aliphatic carboxylic acids is 1. The van der Waals surface area contributed by atoms with Crippen LogP contribution in [0.15, 0.2) is 58.8 Å². The molecule has 0 radical (unpaired) electrons. The van der Waals surface area contributed by atoms with E-state index in [0.717, 1.165) is 16.7 Å². The molecule has 11 nitrogen and oxygen atoms in total. The summed E-state index contributed by atoms with van der Waals surface area (Å²) in [6, 6.07) is 10.3. The fourth-order valence-electron chi connectivity index (χ4n) is 3.37. The van der Waals surface area contributed by atoms with Crippen molar-refractivity contribution in [2.24, 2.45) is 16.0 Å². The molecule has 0 saturated carbocycles. The third kappa shape index (κ3) is 8.54. The monoisotopic (exact) mass is 481 g/mol. The van der Waals surface area contributed by atoms with Gasteiger partial charge in [-0.25, -0.2) is 9.59 Å². The van der Waals surface area contributed by atoms with Crippen LogP contribution in [0.2, 0.25) is 0 Å². The number of nitrogens with two attached hydrogens (primary N) is 1. The van der Waals surface area contributed by atoms with Crippen LogP contribution in [0.25, 0.3) is 0 Å². The molecule has 3 amide bonds. The lowest BCUT2D eigenvalue weighted by Gasteiger charge is -2.27. The van der Waals surface area contributed by atoms with E-state index in [4.69, 9.17) is 11.1 Å². The number of rotatable bonds is 10. The number of benzene rings is 2. The molecule has 0 heterocycles. The predicted molar refractivity (Wildman–Crippen MR) is 132 cm³/mol. The number of nitrogens with zero attached hydrogens (tertiary/aromatic N) is 2. The zero-order chi connectivity index (χ0) is 26.0. The van der Waals surface area contributed by atoms with Gasteiger partial charge in [0.2, 0.25) is 5.91 Å². The number of carbonyl (C=O) groups is 3. The van der Waals surface area contributed by atoms with E-state index < -0.39 is 42.0 Å². The van der Waals surface area contributed by atoms with Crippen molar-refractivity contribution in [2.75, 3.05) is 0 Å². The number of hydrogen-bond donors (Lipinski definition) is 6. The van der Waals surface area contributed by atoms with E-state index in [0.29, 0.717) is 5.69 Å². The maximum atomic E-state index is 13.1. The lowest BCUT2D eigenvalue weighted by atomic mass is 10.0. The number of urea groups is 1. The SMILES string of the molecule is CCC(NC(=N)N)C(NC(=O)C(Cc1ccccc1)NC(=O)/N=N/c1cc(C)ccc1C)C(=O)O. The van der Waals surface area contributed by atoms with Crippen LogP contribution >= 0.6 is 0 Å². The van der Waals surface area contributed by atoms with Crippen molar-refractivity contribution in [2.45, 2.75) is 51.7 Å². The van der Waals surface area contributed by atoms with Crippen molar-refractivity contribution in [1.29, 1.82) is 5.41 Å². The lowest BCUT2D eigenvalue weighted by Crippen LogP contribution is -2.59. The topological polar surface area (TPSA) is 182 Å². The number of nitrogens with one attached hydrogen (secondary N) is 4. The number of azo groups is 1. The molecule has 35 heavy (non-hydrogen) atoms. The van der Waals surface area contributed by atoms with Crippen LogP contribution in [-0.4, -0.2) is 47.1 Å². The van der Waals surface area contributed by atoms with Crippen LogP contribution in [-0.2, 0) is 16.0 Å². The van der Waals surface area contributed by atoms with Crippen molar-refractivity contribution in [3.63, 3.8) is 0 Å². The van der Waals surface area contributed by atoms with E-state index in [1.807, 2.05) is 32.0 Å². The Labute approximate surface area is 203 Å². The zero-order valence-electron chi connectivity index (χ0n) is 19.9. The van der Waals surface area contributed by atoms with Crippen molar-refractivity contribution >= 4 is 29.6 Å². The van der Waals surface area contributed by atoms with Crippen LogP contribution < -0.4 is 21.7 Å². The molecule has 0 saturated heterocycles. The summed E-state index contributed by atoms with van der Waals surface area (Å²) in [6.07, 6.45) is 0.372. The Hall–Kier alpha value is -4.28. The Balaban J connectivity index is 2.23. The summed E-state index contributed by atoms with van der Waals surface area (Å²) in [4.78, 5) is 37.5. The molecule has 0 aliphatic heterocycles. The Kier molecular flexibility index (Phi) is 9.88. The Morgan fingerprint density at radius 2 is 1.74 bits per heavy atom. The number of aryl methyl sites for hydroxylation is 2. The molecule has 2 aromatic carbocycles. The highest BCUT2D eigenvalue weighted by Crippen LogP contribution is 2.20. The summed E-state index contributed by atoms with van der Waals surface area (Å²) in [5.74, 6) is -2.45. The van der Waals surface area contributed by atoms with Gasteiger partial charge in [-0.15, -0.1) is 5.11 Å². The maximum absolute atomic E-state index is 13.1. The molecule has 2 rings (SSSR count). The minimum atomic E-state index is -1.39. The van der Waals surface area contributed by atoms with Gasteiger partial charge < -0.3 is 26.8 Å². The fraction of sp³-hybridized carbons (Fsp3) is 0.333. The third-order valence-electron chi connectivity index (χ3n) is 5.26.